The van der Waals surface area contributed by atoms with Crippen molar-refractivity contribution in [1.29, 1.82) is 0 Å². The number of phenols is 1. The number of carbonyl (C=O) groups excluding carboxylic acids is 5. The Morgan fingerprint density at radius 1 is 1.17 bits per heavy atom. The van der Waals surface area contributed by atoms with Crippen molar-refractivity contribution in [2.24, 2.45) is 29.4 Å². The first-order chi connectivity index (χ1) is 16.2. The average molecular weight is 489 g/mol. The minimum absolute atomic E-state index is 0.126. The Labute approximate surface area is 197 Å². The summed E-state index contributed by atoms with van der Waals surface area (Å²) in [6, 6.07) is 0.747. The smallest absolute Gasteiger partial charge is 0.311 e. The molecule has 8 atom stereocenters. The SMILES string of the molecule is CC1c2ccc([N+](=O)[O-])c(O)c2C(=O)C2C(=O)C3(O)C(=O)C(C(N)=O)C(=O)[C@@H](N(C)C)C3C(O)C21. The third-order valence-electron chi connectivity index (χ3n) is 7.66. The van der Waals surface area contributed by atoms with E-state index in [4.69, 9.17) is 5.73 Å². The van der Waals surface area contributed by atoms with Crippen molar-refractivity contribution in [3.63, 3.8) is 0 Å². The number of nitrogens with zero attached hydrogens (tertiary/aromatic N) is 2. The van der Waals surface area contributed by atoms with Gasteiger partial charge in [0.05, 0.1) is 34.5 Å². The van der Waals surface area contributed by atoms with Gasteiger partial charge in [0.15, 0.2) is 34.7 Å². The summed E-state index contributed by atoms with van der Waals surface area (Å²) in [5.74, 6) is -15.3. The van der Waals surface area contributed by atoms with Gasteiger partial charge in [-0.3, -0.25) is 39.0 Å². The van der Waals surface area contributed by atoms with E-state index in [1.807, 2.05) is 0 Å². The molecular weight excluding hydrogens is 466 g/mol. The number of nitro groups is 1. The lowest BCUT2D eigenvalue weighted by atomic mass is 9.49. The van der Waals surface area contributed by atoms with Gasteiger partial charge < -0.3 is 21.1 Å². The number of carbonyl (C=O) groups is 5. The summed E-state index contributed by atoms with van der Waals surface area (Å²) in [4.78, 5) is 77.0. The van der Waals surface area contributed by atoms with Crippen LogP contribution in [-0.2, 0) is 19.2 Å². The Morgan fingerprint density at radius 2 is 1.77 bits per heavy atom. The van der Waals surface area contributed by atoms with Gasteiger partial charge in [0.2, 0.25) is 11.7 Å². The molecule has 2 fully saturated rings. The Balaban J connectivity index is 1.97. The molecule has 35 heavy (non-hydrogen) atoms. The maximum atomic E-state index is 13.7. The number of primary amides is 1. The molecule has 5 N–H and O–H groups in total. The van der Waals surface area contributed by atoms with Crippen molar-refractivity contribution in [1.82, 2.24) is 4.90 Å². The summed E-state index contributed by atoms with van der Waals surface area (Å²) >= 11 is 0. The van der Waals surface area contributed by atoms with Crippen molar-refractivity contribution in [2.45, 2.75) is 30.6 Å². The molecule has 186 valence electrons. The number of fused-ring (bicyclic) bond motifs is 3. The number of ketones is 4. The summed E-state index contributed by atoms with van der Waals surface area (Å²) in [5, 5.41) is 44.6. The van der Waals surface area contributed by atoms with Crippen molar-refractivity contribution in [3.05, 3.63) is 33.4 Å². The number of aromatic hydroxyl groups is 1. The van der Waals surface area contributed by atoms with E-state index in [-0.39, 0.29) is 5.56 Å². The van der Waals surface area contributed by atoms with Crippen molar-refractivity contribution in [2.75, 3.05) is 14.1 Å². The van der Waals surface area contributed by atoms with Crippen LogP contribution in [0.1, 0.15) is 28.8 Å². The third kappa shape index (κ3) is 2.95. The van der Waals surface area contributed by atoms with E-state index in [0.717, 1.165) is 6.07 Å². The van der Waals surface area contributed by atoms with E-state index in [1.165, 1.54) is 32.0 Å². The van der Waals surface area contributed by atoms with Gasteiger partial charge in [-0.1, -0.05) is 13.0 Å². The molecule has 13 heteroatoms. The fourth-order valence-corrected chi connectivity index (χ4v) is 6.13. The average Bonchev–Trinajstić information content (AvgIpc) is 2.75. The van der Waals surface area contributed by atoms with E-state index in [2.05, 4.69) is 0 Å². The molecule has 13 nitrogen and oxygen atoms in total. The number of nitrogens with two attached hydrogens (primary N) is 1. The zero-order valence-electron chi connectivity index (χ0n) is 18.9. The van der Waals surface area contributed by atoms with E-state index >= 15 is 0 Å². The lowest BCUT2D eigenvalue weighted by Gasteiger charge is -2.55. The molecule has 1 aromatic carbocycles. The molecule has 4 rings (SSSR count). The Morgan fingerprint density at radius 3 is 2.29 bits per heavy atom. The number of phenolic OH excluding ortho intramolecular Hbond substituents is 1. The highest BCUT2D eigenvalue weighted by atomic mass is 16.6. The third-order valence-corrected chi connectivity index (χ3v) is 7.66. The molecule has 3 aliphatic carbocycles. The lowest BCUT2D eigenvalue weighted by Crippen LogP contribution is -2.77. The van der Waals surface area contributed by atoms with Crippen LogP contribution in [0, 0.1) is 33.8 Å². The number of aliphatic hydroxyl groups is 2. The van der Waals surface area contributed by atoms with E-state index in [9.17, 15) is 49.4 Å². The number of Topliss-reactive ketones (excluding diaryl/α,β-unsaturated/α-hetero) is 4. The summed E-state index contributed by atoms with van der Waals surface area (Å²) in [6.45, 7) is 1.51. The fraction of sp³-hybridized carbons (Fsp3) is 0.500. The van der Waals surface area contributed by atoms with Crippen LogP contribution in [-0.4, -0.2) is 86.0 Å². The molecular formula is C22H23N3O10. The summed E-state index contributed by atoms with van der Waals surface area (Å²) in [7, 11) is 2.78. The summed E-state index contributed by atoms with van der Waals surface area (Å²) in [5.41, 5.74) is 0.930. The maximum Gasteiger partial charge on any atom is 0.311 e. The van der Waals surface area contributed by atoms with E-state index < -0.39 is 98.3 Å². The Bertz CT molecular complexity index is 1230. The molecule has 0 bridgehead atoms. The van der Waals surface area contributed by atoms with Crippen LogP contribution in [0.4, 0.5) is 5.69 Å². The molecule has 0 radical (unpaired) electrons. The zero-order valence-corrected chi connectivity index (χ0v) is 18.9. The van der Waals surface area contributed by atoms with E-state index in [1.54, 1.807) is 0 Å². The van der Waals surface area contributed by atoms with Crippen LogP contribution in [0.3, 0.4) is 0 Å². The monoisotopic (exact) mass is 489 g/mol. The second kappa shape index (κ2) is 7.73. The molecule has 0 aromatic heterocycles. The number of aliphatic hydroxyl groups excluding tert-OH is 1. The van der Waals surface area contributed by atoms with Crippen LogP contribution in [0.5, 0.6) is 5.75 Å². The fourth-order valence-electron chi connectivity index (χ4n) is 6.13. The van der Waals surface area contributed by atoms with Crippen molar-refractivity contribution in [3.8, 4) is 5.75 Å². The van der Waals surface area contributed by atoms with Gasteiger partial charge in [-0.2, -0.15) is 0 Å². The first kappa shape index (κ1) is 24.6. The van der Waals surface area contributed by atoms with Crippen LogP contribution in [0.2, 0.25) is 0 Å². The van der Waals surface area contributed by atoms with Crippen LogP contribution >= 0.6 is 0 Å². The molecule has 0 spiro atoms. The minimum atomic E-state index is -3.12. The first-order valence-electron chi connectivity index (χ1n) is 10.7. The van der Waals surface area contributed by atoms with Crippen LogP contribution < -0.4 is 5.73 Å². The van der Waals surface area contributed by atoms with Gasteiger partial charge in [0.1, 0.15) is 0 Å². The number of likely N-dealkylation sites (N-methyl/N-ethyl adjacent to an activating group) is 1. The normalized spacial score (nSPS) is 36.5. The van der Waals surface area contributed by atoms with Gasteiger partial charge in [-0.15, -0.1) is 0 Å². The van der Waals surface area contributed by atoms with Crippen LogP contribution in [0.15, 0.2) is 12.1 Å². The van der Waals surface area contributed by atoms with Gasteiger partial charge in [-0.05, 0) is 25.6 Å². The molecule has 0 heterocycles. The standard InChI is InChI=1S/C22H23N3O10/c1-6-7-4-5-8(25(34)35)15(26)10(7)16(27)11-9(6)17(28)13-14(24(2)3)18(29)12(21(23)32)20(31)22(13,33)19(11)30/h4-6,9,11-14,17,26,28,33H,1-3H3,(H2,23,32)/t6?,9?,11?,12?,13?,14-,17?,22?/m0/s1. The zero-order chi connectivity index (χ0) is 26.3. The van der Waals surface area contributed by atoms with Crippen molar-refractivity contribution >= 4 is 34.7 Å². The van der Waals surface area contributed by atoms with Crippen LogP contribution in [0.25, 0.3) is 0 Å². The highest BCUT2D eigenvalue weighted by molar-refractivity contribution is 6.32. The number of amides is 1. The Kier molecular flexibility index (Phi) is 5.43. The predicted octanol–water partition coefficient (Wildman–Crippen LogP) is -1.69. The number of hydrogen-bond donors (Lipinski definition) is 4. The molecule has 1 amide bonds. The maximum absolute atomic E-state index is 13.7. The molecule has 2 saturated carbocycles. The predicted molar refractivity (Wildman–Crippen MR) is 114 cm³/mol. The van der Waals surface area contributed by atoms with Gasteiger partial charge in [0, 0.05) is 12.0 Å². The minimum Gasteiger partial charge on any atom is -0.502 e. The second-order valence-corrected chi connectivity index (χ2v) is 9.52. The van der Waals surface area contributed by atoms with E-state index in [0.29, 0.717) is 0 Å². The molecule has 0 saturated heterocycles. The number of benzene rings is 1. The highest BCUT2D eigenvalue weighted by Gasteiger charge is 2.73. The van der Waals surface area contributed by atoms with Crippen molar-refractivity contribution < 1.29 is 44.2 Å². The largest absolute Gasteiger partial charge is 0.502 e. The second-order valence-electron chi connectivity index (χ2n) is 9.52. The molecule has 1 aromatic rings. The first-order valence-corrected chi connectivity index (χ1v) is 10.7. The number of rotatable bonds is 3. The van der Waals surface area contributed by atoms with Gasteiger partial charge in [-0.25, -0.2) is 0 Å². The molecule has 3 aliphatic rings. The number of nitro benzene ring substituents is 1. The summed E-state index contributed by atoms with van der Waals surface area (Å²) in [6.07, 6.45) is -1.76. The summed E-state index contributed by atoms with van der Waals surface area (Å²) < 4.78 is 0. The lowest BCUT2D eigenvalue weighted by molar-refractivity contribution is -0.385. The van der Waals surface area contributed by atoms with Gasteiger partial charge in [0.25, 0.3) is 0 Å². The quantitative estimate of drug-likeness (QED) is 0.213. The highest BCUT2D eigenvalue weighted by Crippen LogP contribution is 2.55. The number of hydrogen-bond acceptors (Lipinski definition) is 11. The van der Waals surface area contributed by atoms with Gasteiger partial charge >= 0.3 is 5.69 Å². The Hall–Kier alpha value is -3.55. The topological polar surface area (TPSA) is 218 Å². The molecule has 7 unspecified atom stereocenters. The molecule has 0 aliphatic heterocycles.